The van der Waals surface area contributed by atoms with Crippen LogP contribution in [0.5, 0.6) is 0 Å². The smallest absolute Gasteiger partial charge is 0.125 e. The molecule has 0 radical (unpaired) electrons. The minimum absolute atomic E-state index is 0.212. The summed E-state index contributed by atoms with van der Waals surface area (Å²) in [5.74, 6) is 0. The van der Waals surface area contributed by atoms with Gasteiger partial charge in [0.05, 0.1) is 5.69 Å². The average molecular weight is 256 g/mol. The summed E-state index contributed by atoms with van der Waals surface area (Å²) in [6.45, 7) is 11.2. The normalized spacial score (nSPS) is 14.8. The number of thiazole rings is 1. The lowest BCUT2D eigenvalue weighted by Gasteiger charge is -2.25. The molecular weight excluding hydrogens is 232 g/mol. The zero-order chi connectivity index (χ0) is 12.7. The third-order valence-corrected chi connectivity index (χ3v) is 4.09. The van der Waals surface area contributed by atoms with Gasteiger partial charge in [-0.1, -0.05) is 13.8 Å². The number of nitrogens with one attached hydrogen (secondary N) is 1. The highest BCUT2D eigenvalue weighted by Crippen LogP contribution is 2.31. The van der Waals surface area contributed by atoms with Gasteiger partial charge in [0.25, 0.3) is 0 Å². The molecule has 1 heterocycles. The van der Waals surface area contributed by atoms with Crippen molar-refractivity contribution in [2.45, 2.75) is 46.1 Å². The van der Waals surface area contributed by atoms with Crippen LogP contribution in [0.3, 0.4) is 0 Å². The number of ether oxygens (including phenoxy) is 1. The molecule has 0 aliphatic heterocycles. The second-order valence-corrected chi connectivity index (χ2v) is 5.12. The van der Waals surface area contributed by atoms with Gasteiger partial charge in [0.2, 0.25) is 0 Å². The molecule has 0 spiro atoms. The van der Waals surface area contributed by atoms with Crippen LogP contribution >= 0.6 is 11.3 Å². The number of hydrogen-bond donors (Lipinski definition) is 1. The molecular formula is C13H24N2OS. The number of hydrogen-bond acceptors (Lipinski definition) is 4. The summed E-state index contributed by atoms with van der Waals surface area (Å²) >= 11 is 1.72. The van der Waals surface area contributed by atoms with Gasteiger partial charge < -0.3 is 10.1 Å². The van der Waals surface area contributed by atoms with Crippen molar-refractivity contribution < 1.29 is 4.74 Å². The molecule has 98 valence electrons. The molecule has 0 bridgehead atoms. The molecule has 0 saturated heterocycles. The van der Waals surface area contributed by atoms with Crippen LogP contribution in [0.15, 0.2) is 5.38 Å². The highest BCUT2D eigenvalue weighted by Gasteiger charge is 2.28. The SMILES string of the molecule is CCNCCc1csc(C(C)(CC)OCC)n1. The molecule has 1 aromatic heterocycles. The lowest BCUT2D eigenvalue weighted by atomic mass is 10.0. The molecule has 1 N–H and O–H groups in total. The van der Waals surface area contributed by atoms with E-state index in [0.29, 0.717) is 0 Å². The van der Waals surface area contributed by atoms with Crippen molar-refractivity contribution in [3.8, 4) is 0 Å². The van der Waals surface area contributed by atoms with E-state index in [1.165, 1.54) is 5.69 Å². The Balaban J connectivity index is 2.65. The summed E-state index contributed by atoms with van der Waals surface area (Å²) in [7, 11) is 0. The number of nitrogens with zero attached hydrogens (tertiary/aromatic N) is 1. The van der Waals surface area contributed by atoms with Gasteiger partial charge in [-0.05, 0) is 26.8 Å². The summed E-state index contributed by atoms with van der Waals surface area (Å²) < 4.78 is 5.84. The maximum Gasteiger partial charge on any atom is 0.125 e. The van der Waals surface area contributed by atoms with Crippen LogP contribution in [-0.4, -0.2) is 24.7 Å². The van der Waals surface area contributed by atoms with E-state index in [-0.39, 0.29) is 5.60 Å². The third-order valence-electron chi connectivity index (χ3n) is 2.95. The van der Waals surface area contributed by atoms with E-state index in [0.717, 1.165) is 37.5 Å². The Hall–Kier alpha value is -0.450. The van der Waals surface area contributed by atoms with Gasteiger partial charge in [-0.25, -0.2) is 4.98 Å². The molecule has 0 aliphatic carbocycles. The summed E-state index contributed by atoms with van der Waals surface area (Å²) in [6.07, 6.45) is 1.96. The molecule has 0 fully saturated rings. The highest BCUT2D eigenvalue weighted by molar-refractivity contribution is 7.09. The van der Waals surface area contributed by atoms with Gasteiger partial charge in [-0.2, -0.15) is 0 Å². The minimum Gasteiger partial charge on any atom is -0.368 e. The molecule has 17 heavy (non-hydrogen) atoms. The average Bonchev–Trinajstić information content (AvgIpc) is 2.79. The first-order valence-electron chi connectivity index (χ1n) is 6.45. The van der Waals surface area contributed by atoms with Crippen molar-refractivity contribution in [3.63, 3.8) is 0 Å². The van der Waals surface area contributed by atoms with Crippen LogP contribution in [0.2, 0.25) is 0 Å². The minimum atomic E-state index is -0.212. The van der Waals surface area contributed by atoms with Gasteiger partial charge in [-0.15, -0.1) is 11.3 Å². The Labute approximate surface area is 109 Å². The summed E-state index contributed by atoms with van der Waals surface area (Å²) in [5.41, 5.74) is 0.959. The van der Waals surface area contributed by atoms with Gasteiger partial charge in [0.1, 0.15) is 10.6 Å². The van der Waals surface area contributed by atoms with E-state index in [1.807, 2.05) is 6.92 Å². The van der Waals surface area contributed by atoms with Crippen molar-refractivity contribution >= 4 is 11.3 Å². The molecule has 1 atom stereocenters. The highest BCUT2D eigenvalue weighted by atomic mass is 32.1. The fourth-order valence-electron chi connectivity index (χ4n) is 1.69. The van der Waals surface area contributed by atoms with Crippen LogP contribution in [0.1, 0.15) is 44.8 Å². The van der Waals surface area contributed by atoms with Gasteiger partial charge in [0, 0.05) is 25.0 Å². The molecule has 1 aromatic rings. The second kappa shape index (κ2) is 7.09. The second-order valence-electron chi connectivity index (χ2n) is 4.26. The Morgan fingerprint density at radius 1 is 1.41 bits per heavy atom. The zero-order valence-electron chi connectivity index (χ0n) is 11.4. The van der Waals surface area contributed by atoms with Crippen LogP contribution in [0.25, 0.3) is 0 Å². The Morgan fingerprint density at radius 2 is 2.18 bits per heavy atom. The van der Waals surface area contributed by atoms with E-state index >= 15 is 0 Å². The first-order valence-corrected chi connectivity index (χ1v) is 7.33. The van der Waals surface area contributed by atoms with E-state index in [4.69, 9.17) is 9.72 Å². The fraction of sp³-hybridized carbons (Fsp3) is 0.769. The van der Waals surface area contributed by atoms with Crippen LogP contribution in [0.4, 0.5) is 0 Å². The Kier molecular flexibility index (Phi) is 6.09. The Bertz CT molecular complexity index is 327. The zero-order valence-corrected chi connectivity index (χ0v) is 12.2. The number of aromatic nitrogens is 1. The molecule has 0 aromatic carbocycles. The van der Waals surface area contributed by atoms with Gasteiger partial charge in [0.15, 0.2) is 0 Å². The summed E-state index contributed by atoms with van der Waals surface area (Å²) in [6, 6.07) is 0. The van der Waals surface area contributed by atoms with Crippen molar-refractivity contribution in [1.82, 2.24) is 10.3 Å². The summed E-state index contributed by atoms with van der Waals surface area (Å²) in [5, 5.41) is 6.57. The standard InChI is InChI=1S/C13H24N2OS/c1-5-13(4,16-7-3)12-15-11(10-17-12)8-9-14-6-2/h10,14H,5-9H2,1-4H3. The molecule has 0 amide bonds. The number of likely N-dealkylation sites (N-methyl/N-ethyl adjacent to an activating group) is 1. The molecule has 0 saturated carbocycles. The van der Waals surface area contributed by atoms with Crippen LogP contribution < -0.4 is 5.32 Å². The maximum absolute atomic E-state index is 5.84. The van der Waals surface area contributed by atoms with E-state index < -0.39 is 0 Å². The maximum atomic E-state index is 5.84. The van der Waals surface area contributed by atoms with E-state index in [1.54, 1.807) is 11.3 Å². The lowest BCUT2D eigenvalue weighted by Crippen LogP contribution is -2.25. The predicted molar refractivity (Wildman–Crippen MR) is 73.6 cm³/mol. The third kappa shape index (κ3) is 4.05. The fourth-order valence-corrected chi connectivity index (χ4v) is 2.73. The topological polar surface area (TPSA) is 34.1 Å². The molecule has 4 heteroatoms. The Morgan fingerprint density at radius 3 is 2.76 bits per heavy atom. The van der Waals surface area contributed by atoms with Crippen LogP contribution in [0, 0.1) is 0 Å². The first kappa shape index (κ1) is 14.6. The van der Waals surface area contributed by atoms with Crippen molar-refractivity contribution in [1.29, 1.82) is 0 Å². The summed E-state index contributed by atoms with van der Waals surface area (Å²) in [4.78, 5) is 4.70. The van der Waals surface area contributed by atoms with Gasteiger partial charge >= 0.3 is 0 Å². The predicted octanol–water partition coefficient (Wildman–Crippen LogP) is 2.96. The van der Waals surface area contributed by atoms with Crippen molar-refractivity contribution in [2.24, 2.45) is 0 Å². The monoisotopic (exact) mass is 256 g/mol. The van der Waals surface area contributed by atoms with E-state index in [9.17, 15) is 0 Å². The van der Waals surface area contributed by atoms with Crippen LogP contribution in [-0.2, 0) is 16.8 Å². The quantitative estimate of drug-likeness (QED) is 0.726. The first-order chi connectivity index (χ1) is 8.16. The molecule has 1 rings (SSSR count). The molecule has 1 unspecified atom stereocenters. The number of rotatable bonds is 8. The lowest BCUT2D eigenvalue weighted by molar-refractivity contribution is -0.0325. The van der Waals surface area contributed by atoms with E-state index in [2.05, 4.69) is 31.5 Å². The molecule has 0 aliphatic rings. The largest absolute Gasteiger partial charge is 0.368 e. The molecule has 3 nitrogen and oxygen atoms in total. The van der Waals surface area contributed by atoms with Crippen molar-refractivity contribution in [3.05, 3.63) is 16.1 Å². The van der Waals surface area contributed by atoms with Gasteiger partial charge in [-0.3, -0.25) is 0 Å². The van der Waals surface area contributed by atoms with Crippen molar-refractivity contribution in [2.75, 3.05) is 19.7 Å².